The molecule has 1 rings (SSSR count). The number of carbonyl (C=O) groups excluding carboxylic acids is 1. The van der Waals surface area contributed by atoms with Crippen molar-refractivity contribution in [1.29, 1.82) is 0 Å². The molecule has 1 aromatic heterocycles. The van der Waals surface area contributed by atoms with Crippen LogP contribution in [0.5, 0.6) is 0 Å². The summed E-state index contributed by atoms with van der Waals surface area (Å²) in [5.41, 5.74) is 0.780. The second-order valence-electron chi connectivity index (χ2n) is 3.60. The first-order valence-electron chi connectivity index (χ1n) is 5.42. The fourth-order valence-electron chi connectivity index (χ4n) is 1.40. The molecule has 17 heavy (non-hydrogen) atoms. The van der Waals surface area contributed by atoms with E-state index < -0.39 is 0 Å². The van der Waals surface area contributed by atoms with Gasteiger partial charge >= 0.3 is 5.97 Å². The molecular weight excluding hydrogens is 224 g/mol. The van der Waals surface area contributed by atoms with Gasteiger partial charge in [0.05, 0.1) is 19.3 Å². The second-order valence-corrected chi connectivity index (χ2v) is 3.60. The van der Waals surface area contributed by atoms with Gasteiger partial charge in [-0.15, -0.1) is 0 Å². The maximum Gasteiger partial charge on any atom is 0.319 e. The van der Waals surface area contributed by atoms with E-state index in [2.05, 4.69) is 9.89 Å². The van der Waals surface area contributed by atoms with Gasteiger partial charge in [0.15, 0.2) is 5.76 Å². The number of esters is 1. The summed E-state index contributed by atoms with van der Waals surface area (Å²) >= 11 is 0. The molecule has 0 aliphatic rings. The zero-order chi connectivity index (χ0) is 12.7. The molecule has 6 heteroatoms. The number of likely N-dealkylation sites (N-methyl/N-ethyl adjacent to an activating group) is 1. The Labute approximate surface area is 100 Å². The van der Waals surface area contributed by atoms with Crippen LogP contribution in [0.1, 0.15) is 18.4 Å². The van der Waals surface area contributed by atoms with Crippen LogP contribution in [-0.2, 0) is 27.4 Å². The van der Waals surface area contributed by atoms with Gasteiger partial charge in [0.1, 0.15) is 6.61 Å². The van der Waals surface area contributed by atoms with Crippen molar-refractivity contribution in [3.8, 4) is 0 Å². The van der Waals surface area contributed by atoms with Crippen LogP contribution in [0, 0.1) is 0 Å². The van der Waals surface area contributed by atoms with Gasteiger partial charge in [0.2, 0.25) is 0 Å². The van der Waals surface area contributed by atoms with Crippen molar-refractivity contribution in [2.24, 2.45) is 0 Å². The van der Waals surface area contributed by atoms with E-state index in [1.54, 1.807) is 7.11 Å². The molecule has 0 spiro atoms. The molecule has 0 aromatic carbocycles. The quantitative estimate of drug-likeness (QED) is 0.659. The van der Waals surface area contributed by atoms with E-state index in [0.717, 1.165) is 12.2 Å². The number of nitrogens with zero attached hydrogens (tertiary/aromatic N) is 2. The van der Waals surface area contributed by atoms with E-state index in [9.17, 15) is 4.79 Å². The van der Waals surface area contributed by atoms with Crippen molar-refractivity contribution in [3.63, 3.8) is 0 Å². The number of rotatable bonds is 7. The monoisotopic (exact) mass is 242 g/mol. The van der Waals surface area contributed by atoms with Gasteiger partial charge in [-0.2, -0.15) is 0 Å². The minimum atomic E-state index is -0.257. The Morgan fingerprint density at radius 3 is 2.88 bits per heavy atom. The molecule has 0 bridgehead atoms. The maximum atomic E-state index is 11.2. The zero-order valence-electron chi connectivity index (χ0n) is 10.4. The Kier molecular flexibility index (Phi) is 5.65. The fraction of sp³-hybridized carbons (Fsp3) is 0.636. The van der Waals surface area contributed by atoms with E-state index in [-0.39, 0.29) is 12.5 Å². The zero-order valence-corrected chi connectivity index (χ0v) is 10.4. The largest absolute Gasteiger partial charge is 0.468 e. The van der Waals surface area contributed by atoms with Crippen LogP contribution in [0.15, 0.2) is 10.6 Å². The molecule has 0 amide bonds. The van der Waals surface area contributed by atoms with Crippen LogP contribution in [0.3, 0.4) is 0 Å². The van der Waals surface area contributed by atoms with Gasteiger partial charge < -0.3 is 14.0 Å². The van der Waals surface area contributed by atoms with E-state index >= 15 is 0 Å². The van der Waals surface area contributed by atoms with Gasteiger partial charge in [0, 0.05) is 19.7 Å². The molecule has 0 fully saturated rings. The third kappa shape index (κ3) is 4.54. The Bertz CT molecular complexity index is 351. The topological polar surface area (TPSA) is 64.8 Å². The summed E-state index contributed by atoms with van der Waals surface area (Å²) in [7, 11) is 2.97. The second kappa shape index (κ2) is 7.03. The number of aromatic nitrogens is 1. The van der Waals surface area contributed by atoms with Gasteiger partial charge in [0.25, 0.3) is 0 Å². The lowest BCUT2D eigenvalue weighted by Gasteiger charge is -2.16. The summed E-state index contributed by atoms with van der Waals surface area (Å²) in [5, 5.41) is 3.91. The molecule has 96 valence electrons. The molecule has 0 N–H and O–H groups in total. The highest BCUT2D eigenvalue weighted by Gasteiger charge is 2.12. The Hall–Kier alpha value is -1.40. The van der Waals surface area contributed by atoms with E-state index in [0.29, 0.717) is 18.9 Å². The van der Waals surface area contributed by atoms with Crippen molar-refractivity contribution in [1.82, 2.24) is 10.1 Å². The number of carbonyl (C=O) groups is 1. The van der Waals surface area contributed by atoms with Crippen LogP contribution in [-0.4, -0.2) is 43.3 Å². The predicted octanol–water partition coefficient (Wildman–Crippen LogP) is 0.816. The maximum absolute atomic E-state index is 11.2. The SMILES string of the molecule is CCN(CC(=O)OC)Cc1cc(COC)on1. The molecule has 1 heterocycles. The van der Waals surface area contributed by atoms with Crippen LogP contribution in [0.2, 0.25) is 0 Å². The lowest BCUT2D eigenvalue weighted by atomic mass is 10.3. The van der Waals surface area contributed by atoms with Gasteiger partial charge in [-0.3, -0.25) is 9.69 Å². The highest BCUT2D eigenvalue weighted by Crippen LogP contribution is 2.07. The molecule has 0 radical (unpaired) electrons. The molecule has 0 unspecified atom stereocenters. The average molecular weight is 242 g/mol. The summed E-state index contributed by atoms with van der Waals surface area (Å²) in [4.78, 5) is 13.1. The molecule has 0 saturated heterocycles. The smallest absolute Gasteiger partial charge is 0.319 e. The minimum absolute atomic E-state index is 0.249. The third-order valence-corrected chi connectivity index (χ3v) is 2.31. The summed E-state index contributed by atoms with van der Waals surface area (Å²) < 4.78 is 14.6. The van der Waals surface area contributed by atoms with E-state index in [1.807, 2.05) is 17.9 Å². The molecule has 6 nitrogen and oxygen atoms in total. The van der Waals surface area contributed by atoms with Crippen molar-refractivity contribution >= 4 is 5.97 Å². The first-order chi connectivity index (χ1) is 8.19. The molecule has 0 aliphatic carbocycles. The number of hydrogen-bond donors (Lipinski definition) is 0. The summed E-state index contributed by atoms with van der Waals surface area (Å²) in [6, 6.07) is 1.82. The van der Waals surface area contributed by atoms with Crippen molar-refractivity contribution in [2.75, 3.05) is 27.3 Å². The van der Waals surface area contributed by atoms with E-state index in [1.165, 1.54) is 7.11 Å². The van der Waals surface area contributed by atoms with Gasteiger partial charge in [-0.1, -0.05) is 12.1 Å². The minimum Gasteiger partial charge on any atom is -0.468 e. The molecule has 0 aliphatic heterocycles. The first kappa shape index (κ1) is 13.7. The Balaban J connectivity index is 2.51. The molecular formula is C11H18N2O4. The number of hydrogen-bond acceptors (Lipinski definition) is 6. The molecule has 0 saturated carbocycles. The summed E-state index contributed by atoms with van der Waals surface area (Å²) in [5.74, 6) is 0.420. The van der Waals surface area contributed by atoms with Crippen molar-refractivity contribution in [3.05, 3.63) is 17.5 Å². The fourth-order valence-corrected chi connectivity index (χ4v) is 1.40. The average Bonchev–Trinajstić information content (AvgIpc) is 2.76. The molecule has 0 atom stereocenters. The van der Waals surface area contributed by atoms with Crippen LogP contribution < -0.4 is 0 Å². The van der Waals surface area contributed by atoms with E-state index in [4.69, 9.17) is 9.26 Å². The van der Waals surface area contributed by atoms with Crippen LogP contribution in [0.4, 0.5) is 0 Å². The highest BCUT2D eigenvalue weighted by atomic mass is 16.5. The number of methoxy groups -OCH3 is 2. The lowest BCUT2D eigenvalue weighted by molar-refractivity contribution is -0.142. The lowest BCUT2D eigenvalue weighted by Crippen LogP contribution is -2.30. The standard InChI is InChI=1S/C11H18N2O4/c1-4-13(7-11(14)16-3)6-9-5-10(8-15-2)17-12-9/h5H,4,6-8H2,1-3H3. The first-order valence-corrected chi connectivity index (χ1v) is 5.42. The third-order valence-electron chi connectivity index (χ3n) is 2.31. The van der Waals surface area contributed by atoms with Gasteiger partial charge in [-0.05, 0) is 6.54 Å². The van der Waals surface area contributed by atoms with Crippen LogP contribution >= 0.6 is 0 Å². The Morgan fingerprint density at radius 1 is 1.53 bits per heavy atom. The van der Waals surface area contributed by atoms with Crippen molar-refractivity contribution < 1.29 is 18.8 Å². The number of ether oxygens (including phenoxy) is 2. The Morgan fingerprint density at radius 2 is 2.29 bits per heavy atom. The van der Waals surface area contributed by atoms with Crippen LogP contribution in [0.25, 0.3) is 0 Å². The summed E-state index contributed by atoms with van der Waals surface area (Å²) in [6.45, 7) is 3.91. The molecule has 1 aromatic rings. The summed E-state index contributed by atoms with van der Waals surface area (Å²) in [6.07, 6.45) is 0. The normalized spacial score (nSPS) is 10.8. The van der Waals surface area contributed by atoms with Gasteiger partial charge in [-0.25, -0.2) is 0 Å². The predicted molar refractivity (Wildman–Crippen MR) is 60.2 cm³/mol. The van der Waals surface area contributed by atoms with Crippen molar-refractivity contribution in [2.45, 2.75) is 20.1 Å². The highest BCUT2D eigenvalue weighted by molar-refractivity contribution is 5.71.